The summed E-state index contributed by atoms with van der Waals surface area (Å²) in [5.74, 6) is 2.23. The van der Waals surface area contributed by atoms with Gasteiger partial charge in [0.1, 0.15) is 0 Å². The zero-order valence-electron chi connectivity index (χ0n) is 25.9. The van der Waals surface area contributed by atoms with Crippen LogP contribution in [0.15, 0.2) is 60.7 Å². The first-order valence-electron chi connectivity index (χ1n) is 14.1. The summed E-state index contributed by atoms with van der Waals surface area (Å²) < 4.78 is 17.0. The van der Waals surface area contributed by atoms with Crippen LogP contribution in [0.5, 0.6) is 0 Å². The van der Waals surface area contributed by atoms with Gasteiger partial charge in [0.2, 0.25) is 0 Å². The van der Waals surface area contributed by atoms with Crippen LogP contribution in [0.1, 0.15) is 94.2 Å². The predicted molar refractivity (Wildman–Crippen MR) is 171 cm³/mol. The van der Waals surface area contributed by atoms with Crippen LogP contribution in [-0.2, 0) is 4.12 Å². The van der Waals surface area contributed by atoms with E-state index in [4.69, 9.17) is 26.3 Å². The Labute approximate surface area is 247 Å². The summed E-state index contributed by atoms with van der Waals surface area (Å²) in [6.45, 7) is 26.6. The molecule has 0 saturated carbocycles. The molecule has 2 aromatic rings. The van der Waals surface area contributed by atoms with Crippen LogP contribution in [0, 0.1) is 0 Å². The summed E-state index contributed by atoms with van der Waals surface area (Å²) in [4.78, 5) is 0. The quantitative estimate of drug-likeness (QED) is 0.290. The van der Waals surface area contributed by atoms with Crippen molar-refractivity contribution in [1.82, 2.24) is 9.13 Å². The Morgan fingerprint density at radius 2 is 0.821 bits per heavy atom. The molecule has 0 fully saturated rings. The molecule has 0 saturated heterocycles. The molecule has 0 aromatic heterocycles. The number of benzene rings is 2. The fourth-order valence-corrected chi connectivity index (χ4v) is 23.9. The SMILES string of the molecule is CC(C)(C)N1C(c2ccccc2)=[N+](C(C)(C)C)[SiH-]1(Cl)O[SiH-]1(Cl)N(C(C)(C)C)C(c2ccccc2)=[N+]1C(C)(C)C. The minimum absolute atomic E-state index is 0.264. The molecule has 0 aliphatic carbocycles. The summed E-state index contributed by atoms with van der Waals surface area (Å²) >= 11 is 15.9. The van der Waals surface area contributed by atoms with Crippen LogP contribution in [0.2, 0.25) is 0 Å². The van der Waals surface area contributed by atoms with E-state index in [-0.39, 0.29) is 22.2 Å². The molecule has 2 heterocycles. The number of hydrogen-bond acceptors (Lipinski definition) is 3. The molecule has 2 aliphatic heterocycles. The van der Waals surface area contributed by atoms with Gasteiger partial charge in [-0.3, -0.25) is 0 Å². The van der Waals surface area contributed by atoms with Gasteiger partial charge in [0.05, 0.1) is 0 Å². The van der Waals surface area contributed by atoms with Crippen molar-refractivity contribution in [2.24, 2.45) is 0 Å². The van der Waals surface area contributed by atoms with Crippen molar-refractivity contribution in [3.63, 3.8) is 0 Å². The van der Waals surface area contributed by atoms with Gasteiger partial charge in [0.15, 0.2) is 0 Å². The van der Waals surface area contributed by atoms with E-state index in [1.54, 1.807) is 0 Å². The van der Waals surface area contributed by atoms with Crippen molar-refractivity contribution in [3.05, 3.63) is 71.8 Å². The van der Waals surface area contributed by atoms with Crippen molar-refractivity contribution in [3.8, 4) is 0 Å². The Bertz CT molecular complexity index is 1200. The standard InChI is InChI=1S/C30H48Cl2N4OSi2/c1-27(2,3)33-25(23-19-15-13-16-20-23)34(28(4,5)6)38(33,31)37-39(32)35(29(7,8)9)26(36(39)30(10,11)12)24-21-17-14-18-22-24/h13-22,38-39H,1-12H3. The van der Waals surface area contributed by atoms with E-state index < -0.39 is 15.9 Å². The monoisotopic (exact) mass is 606 g/mol. The molecular formula is C30H48Cl2N4OSi2. The van der Waals surface area contributed by atoms with Crippen molar-refractivity contribution < 1.29 is 12.6 Å². The van der Waals surface area contributed by atoms with Gasteiger partial charge in [-0.05, 0) is 0 Å². The van der Waals surface area contributed by atoms with Gasteiger partial charge in [-0.25, -0.2) is 0 Å². The third kappa shape index (κ3) is 5.03. The second kappa shape index (κ2) is 9.45. The molecule has 0 unspecified atom stereocenters. The van der Waals surface area contributed by atoms with Crippen molar-refractivity contribution in [2.45, 2.75) is 105 Å². The molecule has 2 aromatic carbocycles. The Morgan fingerprint density at radius 3 is 1.05 bits per heavy atom. The molecule has 2 aliphatic rings. The van der Waals surface area contributed by atoms with E-state index in [0.29, 0.717) is 0 Å². The molecule has 0 amide bonds. The summed E-state index contributed by atoms with van der Waals surface area (Å²) in [6.07, 6.45) is 0. The summed E-state index contributed by atoms with van der Waals surface area (Å²) in [6, 6.07) is 21.1. The predicted octanol–water partition coefficient (Wildman–Crippen LogP) is 6.56. The van der Waals surface area contributed by atoms with E-state index in [9.17, 15) is 0 Å². The molecule has 4 rings (SSSR count). The molecule has 0 atom stereocenters. The summed E-state index contributed by atoms with van der Waals surface area (Å²) in [7, 11) is -7.41. The van der Waals surface area contributed by atoms with Gasteiger partial charge in [-0.1, -0.05) is 0 Å². The molecule has 0 radical (unpaired) electrons. The van der Waals surface area contributed by atoms with E-state index in [1.807, 2.05) is 0 Å². The zero-order valence-corrected chi connectivity index (χ0v) is 29.7. The first kappa shape index (κ1) is 30.3. The van der Waals surface area contributed by atoms with E-state index in [1.165, 1.54) is 0 Å². The Morgan fingerprint density at radius 1 is 0.538 bits per heavy atom. The zero-order chi connectivity index (χ0) is 29.4. The topological polar surface area (TPSA) is 21.7 Å². The van der Waals surface area contributed by atoms with Crippen LogP contribution >= 0.6 is 22.2 Å². The number of hydrogen-bond donors (Lipinski definition) is 0. The summed E-state index contributed by atoms with van der Waals surface area (Å²) in [5.41, 5.74) is 1.23. The van der Waals surface area contributed by atoms with Crippen molar-refractivity contribution in [2.75, 3.05) is 0 Å². The van der Waals surface area contributed by atoms with Crippen LogP contribution in [-0.4, -0.2) is 67.3 Å². The second-order valence-corrected chi connectivity index (χ2v) is 23.9. The maximum atomic E-state index is 7.95. The average molecular weight is 608 g/mol. The first-order chi connectivity index (χ1) is 17.6. The third-order valence-electron chi connectivity index (χ3n) is 7.49. The van der Waals surface area contributed by atoms with Gasteiger partial charge in [0.25, 0.3) is 0 Å². The van der Waals surface area contributed by atoms with Crippen LogP contribution in [0.4, 0.5) is 0 Å². The Hall–Kier alpha value is -1.65. The van der Waals surface area contributed by atoms with Crippen LogP contribution < -0.4 is 0 Å². The van der Waals surface area contributed by atoms with E-state index in [0.717, 1.165) is 22.8 Å². The van der Waals surface area contributed by atoms with Crippen LogP contribution in [0.3, 0.4) is 0 Å². The molecule has 39 heavy (non-hydrogen) atoms. The molecule has 0 spiro atoms. The molecule has 0 bridgehead atoms. The van der Waals surface area contributed by atoms with E-state index in [2.05, 4.69) is 161 Å². The second-order valence-electron chi connectivity index (χ2n) is 14.9. The third-order valence-corrected chi connectivity index (χ3v) is 21.1. The number of rotatable bonds is 4. The van der Waals surface area contributed by atoms with Gasteiger partial charge in [0, 0.05) is 0 Å². The van der Waals surface area contributed by atoms with E-state index >= 15 is 0 Å². The molecule has 0 N–H and O–H groups in total. The molecular weight excluding hydrogens is 559 g/mol. The fraction of sp³-hybridized carbons (Fsp3) is 0.533. The van der Waals surface area contributed by atoms with Crippen LogP contribution in [0.25, 0.3) is 0 Å². The van der Waals surface area contributed by atoms with Crippen molar-refractivity contribution >= 4 is 49.7 Å². The number of halogens is 2. The number of nitrogens with zero attached hydrogens (tertiary/aromatic N) is 4. The summed E-state index contributed by atoms with van der Waals surface area (Å²) in [5, 5.41) is 0. The van der Waals surface area contributed by atoms with Gasteiger partial charge in [-0.15, -0.1) is 0 Å². The number of amidine groups is 2. The normalized spacial score (nSPS) is 21.4. The Balaban J connectivity index is 1.99. The maximum absolute atomic E-state index is 7.95. The molecule has 216 valence electrons. The van der Waals surface area contributed by atoms with Gasteiger partial charge in [-0.2, -0.15) is 0 Å². The molecule has 5 nitrogen and oxygen atoms in total. The average Bonchev–Trinajstić information content (AvgIpc) is 2.73. The van der Waals surface area contributed by atoms with Crippen molar-refractivity contribution in [1.29, 1.82) is 0 Å². The molecule has 9 heteroatoms. The Kier molecular flexibility index (Phi) is 7.34. The first-order valence-corrected chi connectivity index (χ1v) is 20.6. The van der Waals surface area contributed by atoms with Gasteiger partial charge < -0.3 is 0 Å². The van der Waals surface area contributed by atoms with Gasteiger partial charge >= 0.3 is 248 Å². The minimum atomic E-state index is -3.70. The fourth-order valence-electron chi connectivity index (χ4n) is 6.33.